The van der Waals surface area contributed by atoms with Gasteiger partial charge in [0.05, 0.1) is 0 Å². The van der Waals surface area contributed by atoms with Gasteiger partial charge in [0.1, 0.15) is 15.7 Å². The maximum absolute atomic E-state index is 12.4. The quantitative estimate of drug-likeness (QED) is 0.616. The average Bonchev–Trinajstić information content (AvgIpc) is 2.06. The third-order valence-electron chi connectivity index (χ3n) is 1.61. The van der Waals surface area contributed by atoms with Crippen LogP contribution in [-0.4, -0.2) is 13.4 Å². The normalized spacial score (nSPS) is 12.1. The predicted octanol–water partition coefficient (Wildman–Crippen LogP) is 2.91. The lowest BCUT2D eigenvalue weighted by molar-refractivity contribution is 0.142. The van der Waals surface area contributed by atoms with Gasteiger partial charge in [0.25, 0.3) is 15.5 Å². The number of rotatable bonds is 2. The van der Waals surface area contributed by atoms with E-state index in [1.807, 2.05) is 0 Å². The molecule has 0 aliphatic rings. The molecule has 0 saturated carbocycles. The zero-order valence-corrected chi connectivity index (χ0v) is 9.67. The fraction of sp³-hybridized carbons (Fsp3) is 0.286. The van der Waals surface area contributed by atoms with Crippen molar-refractivity contribution < 1.29 is 17.2 Å². The number of hydrogen-bond donors (Lipinski definition) is 0. The highest BCUT2D eigenvalue weighted by Gasteiger charge is 2.24. The molecule has 0 aliphatic heterocycles. The highest BCUT2D eigenvalue weighted by Crippen LogP contribution is 2.30. The first-order chi connectivity index (χ1) is 6.73. The van der Waals surface area contributed by atoms with Crippen LogP contribution in [0.15, 0.2) is 11.0 Å². The van der Waals surface area contributed by atoms with E-state index in [-0.39, 0.29) is 10.7 Å². The van der Waals surface area contributed by atoms with Crippen molar-refractivity contribution in [1.82, 2.24) is 4.98 Å². The van der Waals surface area contributed by atoms with Crippen LogP contribution in [0.2, 0.25) is 5.15 Å². The number of nitrogens with zero attached hydrogens (tertiary/aromatic N) is 1. The summed E-state index contributed by atoms with van der Waals surface area (Å²) < 4.78 is 46.8. The van der Waals surface area contributed by atoms with Crippen LogP contribution >= 0.6 is 22.3 Å². The second kappa shape index (κ2) is 4.19. The molecule has 0 unspecified atom stereocenters. The molecule has 3 nitrogen and oxygen atoms in total. The Labute approximate surface area is 94.4 Å². The number of aryl methyl sites for hydroxylation is 1. The Bertz CT molecular complexity index is 490. The molecule has 0 radical (unpaired) electrons. The molecule has 1 aromatic rings. The molecule has 0 aliphatic carbocycles. The molecule has 0 aromatic carbocycles. The summed E-state index contributed by atoms with van der Waals surface area (Å²) in [6.07, 6.45) is -3.05. The first-order valence-corrected chi connectivity index (χ1v) is 6.32. The molecule has 0 amide bonds. The molecule has 0 N–H and O–H groups in total. The minimum absolute atomic E-state index is 0.172. The van der Waals surface area contributed by atoms with Gasteiger partial charge in [-0.15, -0.1) is 0 Å². The largest absolute Gasteiger partial charge is 0.281 e. The third-order valence-corrected chi connectivity index (χ3v) is 3.35. The molecule has 0 saturated heterocycles. The molecular formula is C7H5Cl2F2NO2S. The SMILES string of the molecule is Cc1cc(S(=O)(=O)Cl)c(C(F)F)nc1Cl. The van der Waals surface area contributed by atoms with E-state index in [9.17, 15) is 17.2 Å². The Morgan fingerprint density at radius 1 is 1.47 bits per heavy atom. The number of alkyl halides is 2. The van der Waals surface area contributed by atoms with Gasteiger partial charge >= 0.3 is 0 Å². The van der Waals surface area contributed by atoms with Gasteiger partial charge in [-0.2, -0.15) is 0 Å². The predicted molar refractivity (Wildman–Crippen MR) is 52.0 cm³/mol. The molecule has 15 heavy (non-hydrogen) atoms. The van der Waals surface area contributed by atoms with Crippen molar-refractivity contribution in [2.45, 2.75) is 18.2 Å². The Hall–Kier alpha value is -0.460. The molecular weight excluding hydrogens is 271 g/mol. The molecule has 8 heteroatoms. The maximum Gasteiger partial charge on any atom is 0.281 e. The van der Waals surface area contributed by atoms with E-state index in [1.165, 1.54) is 6.92 Å². The fourth-order valence-corrected chi connectivity index (χ4v) is 2.15. The van der Waals surface area contributed by atoms with Gasteiger partial charge in [-0.25, -0.2) is 22.2 Å². The van der Waals surface area contributed by atoms with E-state index >= 15 is 0 Å². The first kappa shape index (κ1) is 12.6. The molecule has 1 rings (SSSR count). The number of hydrogen-bond acceptors (Lipinski definition) is 3. The van der Waals surface area contributed by atoms with Crippen LogP contribution in [0.1, 0.15) is 17.7 Å². The van der Waals surface area contributed by atoms with E-state index in [1.54, 1.807) is 0 Å². The summed E-state index contributed by atoms with van der Waals surface area (Å²) in [5.74, 6) is 0. The Morgan fingerprint density at radius 2 is 2.00 bits per heavy atom. The summed E-state index contributed by atoms with van der Waals surface area (Å²) >= 11 is 5.50. The molecule has 84 valence electrons. The standard InChI is InChI=1S/C7H5Cl2F2NO2S/c1-3-2-4(15(9,13)14)5(7(10)11)12-6(3)8/h2,7H,1H3. The second-order valence-electron chi connectivity index (χ2n) is 2.72. The van der Waals surface area contributed by atoms with E-state index in [0.29, 0.717) is 0 Å². The molecule has 0 fully saturated rings. The summed E-state index contributed by atoms with van der Waals surface area (Å²) in [6, 6.07) is 0.971. The van der Waals surface area contributed by atoms with Crippen molar-refractivity contribution in [3.63, 3.8) is 0 Å². The highest BCUT2D eigenvalue weighted by molar-refractivity contribution is 8.13. The van der Waals surface area contributed by atoms with E-state index in [0.717, 1.165) is 6.07 Å². The summed E-state index contributed by atoms with van der Waals surface area (Å²) in [6.45, 7) is 1.44. The summed E-state index contributed by atoms with van der Waals surface area (Å²) in [5, 5.41) is -0.172. The van der Waals surface area contributed by atoms with Gasteiger partial charge in [0, 0.05) is 10.7 Å². The highest BCUT2D eigenvalue weighted by atomic mass is 35.7. The van der Waals surface area contributed by atoms with Gasteiger partial charge in [-0.1, -0.05) is 11.6 Å². The van der Waals surface area contributed by atoms with Gasteiger partial charge in [0.2, 0.25) is 0 Å². The van der Waals surface area contributed by atoms with E-state index < -0.39 is 26.1 Å². The van der Waals surface area contributed by atoms with Gasteiger partial charge in [0.15, 0.2) is 0 Å². The lowest BCUT2D eigenvalue weighted by Gasteiger charge is -2.07. The lowest BCUT2D eigenvalue weighted by Crippen LogP contribution is -2.03. The molecule has 1 heterocycles. The second-order valence-corrected chi connectivity index (χ2v) is 5.61. The number of pyridine rings is 1. The van der Waals surface area contributed by atoms with Crippen molar-refractivity contribution in [2.24, 2.45) is 0 Å². The van der Waals surface area contributed by atoms with Crippen LogP contribution in [0, 0.1) is 6.92 Å². The minimum Gasteiger partial charge on any atom is -0.233 e. The zero-order valence-electron chi connectivity index (χ0n) is 7.34. The Morgan fingerprint density at radius 3 is 2.40 bits per heavy atom. The van der Waals surface area contributed by atoms with E-state index in [2.05, 4.69) is 4.98 Å². The summed E-state index contributed by atoms with van der Waals surface area (Å²) in [7, 11) is 0.741. The van der Waals surface area contributed by atoms with Crippen LogP contribution in [0.5, 0.6) is 0 Å². The van der Waals surface area contributed by atoms with Crippen molar-refractivity contribution in [2.75, 3.05) is 0 Å². The van der Waals surface area contributed by atoms with Crippen molar-refractivity contribution in [3.05, 3.63) is 22.5 Å². The molecule has 0 atom stereocenters. The lowest BCUT2D eigenvalue weighted by atomic mass is 10.3. The Balaban J connectivity index is 3.56. The fourth-order valence-electron chi connectivity index (χ4n) is 0.931. The Kier molecular flexibility index (Phi) is 3.52. The smallest absolute Gasteiger partial charge is 0.233 e. The summed E-state index contributed by atoms with van der Waals surface area (Å²) in [4.78, 5) is 2.58. The van der Waals surface area contributed by atoms with Crippen LogP contribution in [-0.2, 0) is 9.05 Å². The third kappa shape index (κ3) is 2.76. The van der Waals surface area contributed by atoms with Gasteiger partial charge in [-0.3, -0.25) is 0 Å². The molecule has 1 aromatic heterocycles. The van der Waals surface area contributed by atoms with Crippen molar-refractivity contribution in [1.29, 1.82) is 0 Å². The average molecular weight is 276 g/mol. The topological polar surface area (TPSA) is 47.0 Å². The number of aromatic nitrogens is 1. The van der Waals surface area contributed by atoms with Crippen molar-refractivity contribution >= 4 is 31.3 Å². The maximum atomic E-state index is 12.4. The molecule has 0 spiro atoms. The monoisotopic (exact) mass is 275 g/mol. The minimum atomic E-state index is -4.25. The first-order valence-electron chi connectivity index (χ1n) is 3.63. The van der Waals surface area contributed by atoms with Crippen LogP contribution in [0.25, 0.3) is 0 Å². The van der Waals surface area contributed by atoms with Gasteiger partial charge in [-0.05, 0) is 18.6 Å². The zero-order chi connectivity index (χ0) is 11.8. The van der Waals surface area contributed by atoms with Crippen molar-refractivity contribution in [3.8, 4) is 0 Å². The molecule has 0 bridgehead atoms. The van der Waals surface area contributed by atoms with Gasteiger partial charge < -0.3 is 0 Å². The summed E-state index contributed by atoms with van der Waals surface area (Å²) in [5.41, 5.74) is -0.666. The van der Waals surface area contributed by atoms with Crippen LogP contribution in [0.3, 0.4) is 0 Å². The number of halogens is 4. The van der Waals surface area contributed by atoms with E-state index in [4.69, 9.17) is 22.3 Å². The van der Waals surface area contributed by atoms with Crippen LogP contribution in [0.4, 0.5) is 8.78 Å². The van der Waals surface area contributed by atoms with Crippen LogP contribution < -0.4 is 0 Å².